The maximum atomic E-state index is 12.4. The van der Waals surface area contributed by atoms with Gasteiger partial charge in [-0.3, -0.25) is 9.59 Å². The zero-order valence-electron chi connectivity index (χ0n) is 16.2. The minimum Gasteiger partial charge on any atom is -0.494 e. The summed E-state index contributed by atoms with van der Waals surface area (Å²) in [7, 11) is 0. The number of Topliss-reactive ketones (excluding diaryl/α,β-unsaturated/α-hetero) is 1. The van der Waals surface area contributed by atoms with Crippen molar-refractivity contribution in [1.82, 2.24) is 0 Å². The molecule has 0 bridgehead atoms. The fraction of sp³-hybridized carbons (Fsp3) is 0.636. The van der Waals surface area contributed by atoms with Gasteiger partial charge in [-0.1, -0.05) is 20.3 Å². The minimum absolute atomic E-state index is 0.0198. The molecule has 0 heterocycles. The lowest BCUT2D eigenvalue weighted by atomic mass is 9.79. The van der Waals surface area contributed by atoms with E-state index >= 15 is 0 Å². The topological polar surface area (TPSA) is 52.6 Å². The Balaban J connectivity index is 1.72. The Morgan fingerprint density at radius 3 is 2.27 bits per heavy atom. The number of unbranched alkanes of at least 4 members (excludes halogenated alkanes) is 1. The molecule has 0 aliphatic heterocycles. The van der Waals surface area contributed by atoms with Crippen LogP contribution in [0.4, 0.5) is 0 Å². The summed E-state index contributed by atoms with van der Waals surface area (Å²) < 4.78 is 11.2. The Labute approximate surface area is 157 Å². The van der Waals surface area contributed by atoms with Crippen LogP contribution in [0.2, 0.25) is 0 Å². The van der Waals surface area contributed by atoms with Crippen LogP contribution in [0.1, 0.15) is 71.6 Å². The van der Waals surface area contributed by atoms with Gasteiger partial charge in [0.2, 0.25) is 0 Å². The average molecular weight is 360 g/mol. The predicted octanol–water partition coefficient (Wildman–Crippen LogP) is 5.34. The summed E-state index contributed by atoms with van der Waals surface area (Å²) in [5.41, 5.74) is 0. The zero-order valence-corrected chi connectivity index (χ0v) is 16.2. The largest absolute Gasteiger partial charge is 0.494 e. The van der Waals surface area contributed by atoms with Crippen LogP contribution < -0.4 is 9.47 Å². The highest BCUT2D eigenvalue weighted by molar-refractivity contribution is 5.78. The molecule has 1 aliphatic rings. The molecular formula is C22H32O4. The van der Waals surface area contributed by atoms with Gasteiger partial charge < -0.3 is 9.47 Å². The van der Waals surface area contributed by atoms with Gasteiger partial charge in [0, 0.05) is 12.8 Å². The van der Waals surface area contributed by atoms with Crippen molar-refractivity contribution in [3.63, 3.8) is 0 Å². The Kier molecular flexibility index (Phi) is 8.66. The molecule has 1 saturated carbocycles. The highest BCUT2D eigenvalue weighted by Crippen LogP contribution is 2.33. The summed E-state index contributed by atoms with van der Waals surface area (Å²) in [6, 6.07) is 7.28. The van der Waals surface area contributed by atoms with Crippen LogP contribution in [-0.4, -0.2) is 18.4 Å². The molecule has 1 aromatic carbocycles. The van der Waals surface area contributed by atoms with Gasteiger partial charge in [-0.05, 0) is 68.7 Å². The molecule has 0 unspecified atom stereocenters. The fourth-order valence-electron chi connectivity index (χ4n) is 3.37. The molecular weight excluding hydrogens is 328 g/mol. The Morgan fingerprint density at radius 1 is 1.00 bits per heavy atom. The summed E-state index contributed by atoms with van der Waals surface area (Å²) in [5, 5.41) is 0. The standard InChI is InChI=1S/C22H32O4/c1-3-5-16-25-20-12-14-21(15-13-20)26-22(24)18-9-6-17(7-10-18)8-11-19(23)4-2/h12-15,17-18H,3-11,16H2,1-2H3/t17-,18-. The maximum absolute atomic E-state index is 12.4. The van der Waals surface area contributed by atoms with Crippen molar-refractivity contribution in [2.75, 3.05) is 6.61 Å². The number of hydrogen-bond donors (Lipinski definition) is 0. The van der Waals surface area contributed by atoms with E-state index in [2.05, 4.69) is 6.92 Å². The number of carbonyl (C=O) groups is 2. The van der Waals surface area contributed by atoms with Crippen molar-refractivity contribution >= 4 is 11.8 Å². The SMILES string of the molecule is CCCCOc1ccc(OC(=O)[C@H]2CC[C@H](CCC(=O)CC)CC2)cc1. The molecule has 1 fully saturated rings. The fourth-order valence-corrected chi connectivity index (χ4v) is 3.37. The molecule has 0 amide bonds. The maximum Gasteiger partial charge on any atom is 0.314 e. The number of hydrogen-bond acceptors (Lipinski definition) is 4. The van der Waals surface area contributed by atoms with Crippen molar-refractivity contribution in [2.24, 2.45) is 11.8 Å². The van der Waals surface area contributed by atoms with E-state index < -0.39 is 0 Å². The molecule has 0 saturated heterocycles. The summed E-state index contributed by atoms with van der Waals surface area (Å²) in [6.45, 7) is 4.76. The van der Waals surface area contributed by atoms with Gasteiger partial charge in [0.15, 0.2) is 0 Å². The Morgan fingerprint density at radius 2 is 1.65 bits per heavy atom. The summed E-state index contributed by atoms with van der Waals surface area (Å²) in [5.74, 6) is 2.15. The van der Waals surface area contributed by atoms with Gasteiger partial charge >= 0.3 is 5.97 Å². The van der Waals surface area contributed by atoms with Crippen molar-refractivity contribution < 1.29 is 19.1 Å². The second-order valence-electron chi connectivity index (χ2n) is 7.24. The van der Waals surface area contributed by atoms with Crippen LogP contribution in [0, 0.1) is 11.8 Å². The van der Waals surface area contributed by atoms with Crippen LogP contribution in [0.3, 0.4) is 0 Å². The van der Waals surface area contributed by atoms with E-state index in [9.17, 15) is 9.59 Å². The zero-order chi connectivity index (χ0) is 18.8. The van der Waals surface area contributed by atoms with Crippen molar-refractivity contribution in [2.45, 2.75) is 71.6 Å². The molecule has 1 aromatic rings. The molecule has 0 spiro atoms. The van der Waals surface area contributed by atoms with Gasteiger partial charge in [0.1, 0.15) is 17.3 Å². The summed E-state index contributed by atoms with van der Waals surface area (Å²) in [6.07, 6.45) is 8.17. The van der Waals surface area contributed by atoms with Crippen LogP contribution in [0.5, 0.6) is 11.5 Å². The number of ether oxygens (including phenoxy) is 2. The normalized spacial score (nSPS) is 19.8. The first kappa shape index (κ1) is 20.5. The van der Waals surface area contributed by atoms with Crippen molar-refractivity contribution in [1.29, 1.82) is 0 Å². The van der Waals surface area contributed by atoms with E-state index in [4.69, 9.17) is 9.47 Å². The third-order valence-electron chi connectivity index (χ3n) is 5.21. The molecule has 26 heavy (non-hydrogen) atoms. The van der Waals surface area contributed by atoms with Crippen molar-refractivity contribution in [3.05, 3.63) is 24.3 Å². The molecule has 1 aliphatic carbocycles. The predicted molar refractivity (Wildman–Crippen MR) is 102 cm³/mol. The van der Waals surface area contributed by atoms with Gasteiger partial charge in [0.05, 0.1) is 12.5 Å². The average Bonchev–Trinajstić information content (AvgIpc) is 2.68. The number of rotatable bonds is 10. The van der Waals surface area contributed by atoms with Crippen LogP contribution in [0.15, 0.2) is 24.3 Å². The van der Waals surface area contributed by atoms with Crippen LogP contribution in [0.25, 0.3) is 0 Å². The number of carbonyl (C=O) groups excluding carboxylic acids is 2. The molecule has 4 heteroatoms. The van der Waals surface area contributed by atoms with E-state index in [0.717, 1.165) is 50.7 Å². The van der Waals surface area contributed by atoms with E-state index in [0.29, 0.717) is 36.9 Å². The van der Waals surface area contributed by atoms with Gasteiger partial charge in [-0.15, -0.1) is 0 Å². The van der Waals surface area contributed by atoms with E-state index in [1.54, 1.807) is 12.1 Å². The smallest absolute Gasteiger partial charge is 0.314 e. The van der Waals surface area contributed by atoms with Crippen molar-refractivity contribution in [3.8, 4) is 11.5 Å². The monoisotopic (exact) mass is 360 g/mol. The molecule has 0 atom stereocenters. The third-order valence-corrected chi connectivity index (χ3v) is 5.21. The number of esters is 1. The van der Waals surface area contributed by atoms with Gasteiger partial charge in [0.25, 0.3) is 0 Å². The lowest BCUT2D eigenvalue weighted by Gasteiger charge is -2.27. The first-order chi connectivity index (χ1) is 12.6. The van der Waals surface area contributed by atoms with E-state index in [1.807, 2.05) is 19.1 Å². The van der Waals surface area contributed by atoms with Crippen LogP contribution in [-0.2, 0) is 9.59 Å². The summed E-state index contributed by atoms with van der Waals surface area (Å²) in [4.78, 5) is 23.8. The quantitative estimate of drug-likeness (QED) is 0.321. The molecule has 4 nitrogen and oxygen atoms in total. The highest BCUT2D eigenvalue weighted by Gasteiger charge is 2.27. The van der Waals surface area contributed by atoms with E-state index in [1.165, 1.54) is 0 Å². The second kappa shape index (κ2) is 11.0. The lowest BCUT2D eigenvalue weighted by Crippen LogP contribution is -2.25. The number of benzene rings is 1. The summed E-state index contributed by atoms with van der Waals surface area (Å²) >= 11 is 0. The molecule has 0 N–H and O–H groups in total. The van der Waals surface area contributed by atoms with Crippen LogP contribution >= 0.6 is 0 Å². The number of ketones is 1. The highest BCUT2D eigenvalue weighted by atomic mass is 16.5. The van der Waals surface area contributed by atoms with Gasteiger partial charge in [-0.25, -0.2) is 0 Å². The molecule has 0 aromatic heterocycles. The Hall–Kier alpha value is -1.84. The minimum atomic E-state index is -0.132. The molecule has 2 rings (SSSR count). The third kappa shape index (κ3) is 6.81. The first-order valence-corrected chi connectivity index (χ1v) is 10.1. The Bertz CT molecular complexity index is 556. The van der Waals surface area contributed by atoms with E-state index in [-0.39, 0.29) is 11.9 Å². The molecule has 144 valence electrons. The van der Waals surface area contributed by atoms with Gasteiger partial charge in [-0.2, -0.15) is 0 Å². The first-order valence-electron chi connectivity index (χ1n) is 10.1. The second-order valence-corrected chi connectivity index (χ2v) is 7.24. The lowest BCUT2D eigenvalue weighted by molar-refractivity contribution is -0.140. The molecule has 0 radical (unpaired) electrons.